The molecule has 0 saturated heterocycles. The Morgan fingerprint density at radius 2 is 2.00 bits per heavy atom. The highest BCUT2D eigenvalue weighted by atomic mass is 16.1. The van der Waals surface area contributed by atoms with E-state index in [1.165, 1.54) is 18.4 Å². The van der Waals surface area contributed by atoms with E-state index in [0.29, 0.717) is 11.8 Å². The first-order valence-electron chi connectivity index (χ1n) is 6.31. The first kappa shape index (κ1) is 10.6. The topological polar surface area (TPSA) is 17.1 Å². The first-order valence-corrected chi connectivity index (χ1v) is 6.31. The molecular formula is C16H16O. The number of carbonyl (C=O) groups is 1. The minimum absolute atomic E-state index is 0.236. The monoisotopic (exact) mass is 224 g/mol. The summed E-state index contributed by atoms with van der Waals surface area (Å²) in [5.41, 5.74) is 0.900. The van der Waals surface area contributed by atoms with Crippen molar-refractivity contribution in [2.45, 2.75) is 32.1 Å². The molecule has 2 atom stereocenters. The van der Waals surface area contributed by atoms with Crippen LogP contribution >= 0.6 is 0 Å². The molecule has 0 radical (unpaired) electrons. The molecule has 2 aliphatic carbocycles. The maximum atomic E-state index is 11.8. The molecule has 0 unspecified atom stereocenters. The highest BCUT2D eigenvalue weighted by molar-refractivity contribution is 5.90. The molecule has 0 bridgehead atoms. The molecule has 2 saturated carbocycles. The minimum atomic E-state index is -0.357. The Hall–Kier alpha value is -1.55. The van der Waals surface area contributed by atoms with Gasteiger partial charge in [0, 0.05) is 11.8 Å². The molecule has 2 fully saturated rings. The van der Waals surface area contributed by atoms with Crippen molar-refractivity contribution in [3.05, 3.63) is 35.9 Å². The second-order valence-corrected chi connectivity index (χ2v) is 5.24. The Morgan fingerprint density at radius 3 is 2.59 bits per heavy atom. The standard InChI is InChI=1S/C16H16O/c1-12(17)16(10-9-13-7-8-13)11-15(16)14-5-3-2-4-6-14/h2-6,13,15H,7-8,11H2,1H3/t15-,16-/m0/s1. The zero-order chi connectivity index (χ0) is 11.9. The van der Waals surface area contributed by atoms with Gasteiger partial charge in [-0.1, -0.05) is 42.2 Å². The molecule has 1 heteroatoms. The molecule has 0 N–H and O–H groups in total. The van der Waals surface area contributed by atoms with Gasteiger partial charge in [-0.2, -0.15) is 0 Å². The van der Waals surface area contributed by atoms with Crippen LogP contribution in [0.25, 0.3) is 0 Å². The summed E-state index contributed by atoms with van der Waals surface area (Å²) in [7, 11) is 0. The van der Waals surface area contributed by atoms with Crippen molar-refractivity contribution in [3.8, 4) is 11.8 Å². The molecule has 0 amide bonds. The molecule has 0 spiro atoms. The highest BCUT2D eigenvalue weighted by Crippen LogP contribution is 2.59. The fourth-order valence-electron chi connectivity index (χ4n) is 2.42. The van der Waals surface area contributed by atoms with E-state index >= 15 is 0 Å². The molecule has 1 nitrogen and oxygen atoms in total. The highest BCUT2D eigenvalue weighted by Gasteiger charge is 2.57. The second-order valence-electron chi connectivity index (χ2n) is 5.24. The van der Waals surface area contributed by atoms with Crippen molar-refractivity contribution < 1.29 is 4.79 Å². The van der Waals surface area contributed by atoms with Gasteiger partial charge in [-0.15, -0.1) is 0 Å². The van der Waals surface area contributed by atoms with E-state index in [4.69, 9.17) is 0 Å². The van der Waals surface area contributed by atoms with Crippen LogP contribution in [0.5, 0.6) is 0 Å². The Labute approximate surface area is 102 Å². The fraction of sp³-hybridized carbons (Fsp3) is 0.438. The van der Waals surface area contributed by atoms with Crippen molar-refractivity contribution in [3.63, 3.8) is 0 Å². The van der Waals surface area contributed by atoms with Gasteiger partial charge in [-0.25, -0.2) is 0 Å². The molecule has 0 aliphatic heterocycles. The number of rotatable bonds is 2. The third-order valence-corrected chi connectivity index (χ3v) is 3.87. The number of hydrogen-bond acceptors (Lipinski definition) is 1. The van der Waals surface area contributed by atoms with Crippen LogP contribution < -0.4 is 0 Å². The summed E-state index contributed by atoms with van der Waals surface area (Å²) < 4.78 is 0. The lowest BCUT2D eigenvalue weighted by atomic mass is 9.95. The predicted molar refractivity (Wildman–Crippen MR) is 67.4 cm³/mol. The van der Waals surface area contributed by atoms with Gasteiger partial charge in [0.2, 0.25) is 0 Å². The first-order chi connectivity index (χ1) is 8.22. The summed E-state index contributed by atoms with van der Waals surface area (Å²) in [6.07, 6.45) is 3.35. The Kier molecular flexibility index (Phi) is 2.33. The molecule has 0 heterocycles. The number of hydrogen-bond donors (Lipinski definition) is 0. The molecule has 1 aromatic carbocycles. The fourth-order valence-corrected chi connectivity index (χ4v) is 2.42. The molecule has 1 aromatic rings. The summed E-state index contributed by atoms with van der Waals surface area (Å²) in [5, 5.41) is 0. The molecule has 2 aliphatic rings. The van der Waals surface area contributed by atoms with Crippen LogP contribution in [0.1, 0.15) is 37.7 Å². The lowest BCUT2D eigenvalue weighted by molar-refractivity contribution is -0.120. The van der Waals surface area contributed by atoms with Gasteiger partial charge in [0.15, 0.2) is 0 Å². The van der Waals surface area contributed by atoms with E-state index in [0.717, 1.165) is 6.42 Å². The van der Waals surface area contributed by atoms with Crippen LogP contribution in [0.4, 0.5) is 0 Å². The number of carbonyl (C=O) groups excluding carboxylic acids is 1. The van der Waals surface area contributed by atoms with Crippen LogP contribution in [-0.2, 0) is 4.79 Å². The van der Waals surface area contributed by atoms with Crippen LogP contribution in [0.2, 0.25) is 0 Å². The third kappa shape index (κ3) is 1.89. The van der Waals surface area contributed by atoms with Gasteiger partial charge in [0.25, 0.3) is 0 Å². The largest absolute Gasteiger partial charge is 0.298 e. The zero-order valence-electron chi connectivity index (χ0n) is 10.1. The third-order valence-electron chi connectivity index (χ3n) is 3.87. The van der Waals surface area contributed by atoms with E-state index in [9.17, 15) is 4.79 Å². The van der Waals surface area contributed by atoms with Gasteiger partial charge in [-0.05, 0) is 31.7 Å². The second kappa shape index (κ2) is 3.74. The average molecular weight is 224 g/mol. The summed E-state index contributed by atoms with van der Waals surface area (Å²) >= 11 is 0. The van der Waals surface area contributed by atoms with Crippen LogP contribution in [0.3, 0.4) is 0 Å². The van der Waals surface area contributed by atoms with Gasteiger partial charge in [0.05, 0.1) is 5.41 Å². The summed E-state index contributed by atoms with van der Waals surface area (Å²) in [5.74, 6) is 7.68. The SMILES string of the molecule is CC(=O)[C@]1(C#CC2CC2)C[C@H]1c1ccccc1. The van der Waals surface area contributed by atoms with Crippen molar-refractivity contribution in [2.24, 2.45) is 11.3 Å². The van der Waals surface area contributed by atoms with Crippen LogP contribution in [0, 0.1) is 23.2 Å². The van der Waals surface area contributed by atoms with Gasteiger partial charge < -0.3 is 0 Å². The van der Waals surface area contributed by atoms with Crippen molar-refractivity contribution in [1.29, 1.82) is 0 Å². The van der Waals surface area contributed by atoms with Gasteiger partial charge in [-0.3, -0.25) is 4.79 Å². The summed E-state index contributed by atoms with van der Waals surface area (Å²) in [4.78, 5) is 11.8. The minimum Gasteiger partial charge on any atom is -0.298 e. The lowest BCUT2D eigenvalue weighted by Gasteiger charge is -2.06. The molecule has 3 rings (SSSR count). The van der Waals surface area contributed by atoms with E-state index in [-0.39, 0.29) is 11.2 Å². The molecular weight excluding hydrogens is 208 g/mol. The maximum Gasteiger partial charge on any atom is 0.148 e. The van der Waals surface area contributed by atoms with Crippen molar-refractivity contribution >= 4 is 5.78 Å². The number of ketones is 1. The number of benzene rings is 1. The molecule has 17 heavy (non-hydrogen) atoms. The predicted octanol–water partition coefficient (Wildman–Crippen LogP) is 3.16. The van der Waals surface area contributed by atoms with Crippen molar-refractivity contribution in [1.82, 2.24) is 0 Å². The van der Waals surface area contributed by atoms with Crippen LogP contribution in [-0.4, -0.2) is 5.78 Å². The average Bonchev–Trinajstić information content (AvgIpc) is 3.22. The Bertz CT molecular complexity index is 501. The Morgan fingerprint density at radius 1 is 1.29 bits per heavy atom. The van der Waals surface area contributed by atoms with E-state index in [2.05, 4.69) is 24.0 Å². The zero-order valence-corrected chi connectivity index (χ0v) is 10.1. The normalized spacial score (nSPS) is 30.3. The van der Waals surface area contributed by atoms with Gasteiger partial charge >= 0.3 is 0 Å². The van der Waals surface area contributed by atoms with Gasteiger partial charge in [0.1, 0.15) is 5.78 Å². The van der Waals surface area contributed by atoms with Crippen LogP contribution in [0.15, 0.2) is 30.3 Å². The summed E-state index contributed by atoms with van der Waals surface area (Å²) in [6.45, 7) is 1.69. The molecule has 86 valence electrons. The smallest absolute Gasteiger partial charge is 0.148 e. The number of Topliss-reactive ketones (excluding diaryl/α,β-unsaturated/α-hetero) is 1. The van der Waals surface area contributed by atoms with E-state index in [1.807, 2.05) is 18.2 Å². The van der Waals surface area contributed by atoms with Crippen molar-refractivity contribution in [2.75, 3.05) is 0 Å². The quantitative estimate of drug-likeness (QED) is 0.705. The molecule has 0 aromatic heterocycles. The Balaban J connectivity index is 1.86. The van der Waals surface area contributed by atoms with E-state index in [1.54, 1.807) is 6.92 Å². The maximum absolute atomic E-state index is 11.8. The summed E-state index contributed by atoms with van der Waals surface area (Å²) in [6, 6.07) is 10.3. The lowest BCUT2D eigenvalue weighted by Crippen LogP contribution is -2.12. The van der Waals surface area contributed by atoms with E-state index < -0.39 is 0 Å².